The summed E-state index contributed by atoms with van der Waals surface area (Å²) in [5.41, 5.74) is 0.665. The molecule has 8 heteroatoms. The summed E-state index contributed by atoms with van der Waals surface area (Å²) < 4.78 is 28.9. The summed E-state index contributed by atoms with van der Waals surface area (Å²) in [6, 6.07) is 10.9. The van der Waals surface area contributed by atoms with E-state index in [1.165, 1.54) is 0 Å². The first-order valence-corrected chi connectivity index (χ1v) is 10.2. The number of anilines is 2. The fourth-order valence-corrected chi connectivity index (χ4v) is 3.96. The summed E-state index contributed by atoms with van der Waals surface area (Å²) in [5, 5.41) is 2.57. The Morgan fingerprint density at radius 3 is 1.97 bits per heavy atom. The van der Waals surface area contributed by atoms with Gasteiger partial charge in [0.1, 0.15) is 5.69 Å². The molecule has 30 heavy (non-hydrogen) atoms. The molecule has 0 radical (unpaired) electrons. The van der Waals surface area contributed by atoms with E-state index in [-0.39, 0.29) is 17.3 Å². The van der Waals surface area contributed by atoms with Crippen molar-refractivity contribution in [2.45, 2.75) is 12.8 Å². The Morgan fingerprint density at radius 2 is 1.37 bits per heavy atom. The predicted octanol–water partition coefficient (Wildman–Crippen LogP) is 3.55. The average Bonchev–Trinajstić information content (AvgIpc) is 3.28. The quantitative estimate of drug-likeness (QED) is 0.836. The van der Waals surface area contributed by atoms with E-state index in [1.807, 2.05) is 18.2 Å². The Bertz CT molecular complexity index is 901. The van der Waals surface area contributed by atoms with Crippen molar-refractivity contribution in [2.24, 2.45) is 0 Å². The normalized spacial score (nSPS) is 16.7. The number of halogens is 2. The van der Waals surface area contributed by atoms with Crippen molar-refractivity contribution < 1.29 is 18.4 Å². The van der Waals surface area contributed by atoms with Crippen molar-refractivity contribution in [1.29, 1.82) is 0 Å². The molecule has 2 aromatic rings. The standard InChI is InChI=1S/C22H24F2N4O2/c23-18-14-17(15-19(24)20(18)26-8-4-5-9-26)25-22(30)28-12-10-27(11-13-28)21(29)16-6-2-1-3-7-16/h1-3,6-7,14-15H,4-5,8-13H2,(H,25,30). The molecule has 2 heterocycles. The Morgan fingerprint density at radius 1 is 0.800 bits per heavy atom. The lowest BCUT2D eigenvalue weighted by Crippen LogP contribution is -2.51. The molecule has 0 spiro atoms. The number of hydrogen-bond acceptors (Lipinski definition) is 3. The third-order valence-electron chi connectivity index (χ3n) is 5.57. The van der Waals surface area contributed by atoms with E-state index >= 15 is 0 Å². The number of carbonyl (C=O) groups is 2. The molecule has 3 amide bonds. The number of amides is 3. The summed E-state index contributed by atoms with van der Waals surface area (Å²) in [7, 11) is 0. The van der Waals surface area contributed by atoms with Crippen LogP contribution in [0.15, 0.2) is 42.5 Å². The Hall–Kier alpha value is -3.16. The molecule has 2 aromatic carbocycles. The van der Waals surface area contributed by atoms with Gasteiger partial charge in [-0.3, -0.25) is 4.79 Å². The number of piperazine rings is 1. The van der Waals surface area contributed by atoms with Crippen molar-refractivity contribution >= 4 is 23.3 Å². The maximum atomic E-state index is 14.5. The maximum absolute atomic E-state index is 14.5. The fraction of sp³-hybridized carbons (Fsp3) is 0.364. The van der Waals surface area contributed by atoms with Crippen molar-refractivity contribution in [3.8, 4) is 0 Å². The van der Waals surface area contributed by atoms with E-state index in [0.29, 0.717) is 44.8 Å². The van der Waals surface area contributed by atoms with Gasteiger partial charge < -0.3 is 20.0 Å². The average molecular weight is 414 g/mol. The smallest absolute Gasteiger partial charge is 0.321 e. The van der Waals surface area contributed by atoms with Crippen LogP contribution in [0.3, 0.4) is 0 Å². The van der Waals surface area contributed by atoms with Gasteiger partial charge in [0.15, 0.2) is 11.6 Å². The molecule has 0 saturated carbocycles. The maximum Gasteiger partial charge on any atom is 0.321 e. The van der Waals surface area contributed by atoms with Crippen LogP contribution >= 0.6 is 0 Å². The number of urea groups is 1. The van der Waals surface area contributed by atoms with Gasteiger partial charge >= 0.3 is 6.03 Å². The first-order valence-electron chi connectivity index (χ1n) is 10.2. The Labute approximate surface area is 174 Å². The highest BCUT2D eigenvalue weighted by atomic mass is 19.1. The zero-order chi connectivity index (χ0) is 21.1. The van der Waals surface area contributed by atoms with Crippen LogP contribution in [0.1, 0.15) is 23.2 Å². The highest BCUT2D eigenvalue weighted by molar-refractivity contribution is 5.94. The molecule has 2 aliphatic heterocycles. The molecule has 2 fully saturated rings. The molecular weight excluding hydrogens is 390 g/mol. The number of nitrogens with zero attached hydrogens (tertiary/aromatic N) is 3. The van der Waals surface area contributed by atoms with Gasteiger partial charge in [-0.15, -0.1) is 0 Å². The van der Waals surface area contributed by atoms with Crippen LogP contribution in [0.2, 0.25) is 0 Å². The first kappa shape index (κ1) is 20.1. The molecule has 2 saturated heterocycles. The van der Waals surface area contributed by atoms with Crippen LogP contribution in [-0.2, 0) is 0 Å². The highest BCUT2D eigenvalue weighted by Gasteiger charge is 2.26. The van der Waals surface area contributed by atoms with E-state index in [1.54, 1.807) is 26.8 Å². The van der Waals surface area contributed by atoms with Crippen molar-refractivity contribution in [1.82, 2.24) is 9.80 Å². The molecule has 4 rings (SSSR count). The van der Waals surface area contributed by atoms with E-state index in [9.17, 15) is 18.4 Å². The van der Waals surface area contributed by atoms with Gasteiger partial charge in [-0.1, -0.05) is 18.2 Å². The van der Waals surface area contributed by atoms with Gasteiger partial charge in [0, 0.05) is 50.5 Å². The first-order chi connectivity index (χ1) is 14.5. The fourth-order valence-electron chi connectivity index (χ4n) is 3.96. The van der Waals surface area contributed by atoms with Crippen molar-refractivity contribution in [2.75, 3.05) is 49.5 Å². The highest BCUT2D eigenvalue weighted by Crippen LogP contribution is 2.29. The SMILES string of the molecule is O=C(Nc1cc(F)c(N2CCCC2)c(F)c1)N1CCN(C(=O)c2ccccc2)CC1. The second-order valence-corrected chi connectivity index (χ2v) is 7.56. The Balaban J connectivity index is 1.35. The number of carbonyl (C=O) groups excluding carboxylic acids is 2. The number of nitrogens with one attached hydrogen (secondary N) is 1. The van der Waals surface area contributed by atoms with Crippen LogP contribution in [0, 0.1) is 11.6 Å². The zero-order valence-electron chi connectivity index (χ0n) is 16.6. The lowest BCUT2D eigenvalue weighted by molar-refractivity contribution is 0.0671. The number of rotatable bonds is 3. The summed E-state index contributed by atoms with van der Waals surface area (Å²) >= 11 is 0. The molecular formula is C22H24F2N4O2. The monoisotopic (exact) mass is 414 g/mol. The number of hydrogen-bond donors (Lipinski definition) is 1. The third-order valence-corrected chi connectivity index (χ3v) is 5.57. The van der Waals surface area contributed by atoms with Crippen LogP contribution in [-0.4, -0.2) is 61.0 Å². The van der Waals surface area contributed by atoms with E-state index in [2.05, 4.69) is 5.32 Å². The Kier molecular flexibility index (Phi) is 5.83. The largest absolute Gasteiger partial charge is 0.367 e. The minimum atomic E-state index is -0.675. The lowest BCUT2D eigenvalue weighted by Gasteiger charge is -2.34. The summed E-state index contributed by atoms with van der Waals surface area (Å²) in [5.74, 6) is -1.42. The molecule has 2 aliphatic rings. The predicted molar refractivity (Wildman–Crippen MR) is 111 cm³/mol. The van der Waals surface area contributed by atoms with Gasteiger partial charge in [0.25, 0.3) is 5.91 Å². The van der Waals surface area contributed by atoms with Gasteiger partial charge in [0.05, 0.1) is 0 Å². The molecule has 0 bridgehead atoms. The third kappa shape index (κ3) is 4.22. The summed E-state index contributed by atoms with van der Waals surface area (Å²) in [4.78, 5) is 30.0. The van der Waals surface area contributed by atoms with Crippen molar-refractivity contribution in [3.05, 3.63) is 59.7 Å². The lowest BCUT2D eigenvalue weighted by atomic mass is 10.2. The molecule has 0 aliphatic carbocycles. The molecule has 0 unspecified atom stereocenters. The molecule has 158 valence electrons. The minimum Gasteiger partial charge on any atom is -0.367 e. The number of benzene rings is 2. The van der Waals surface area contributed by atoms with Gasteiger partial charge in [-0.2, -0.15) is 0 Å². The zero-order valence-corrected chi connectivity index (χ0v) is 16.6. The second kappa shape index (κ2) is 8.69. The van der Waals surface area contributed by atoms with E-state index < -0.39 is 17.7 Å². The van der Waals surface area contributed by atoms with E-state index in [4.69, 9.17) is 0 Å². The van der Waals surface area contributed by atoms with Crippen LogP contribution < -0.4 is 10.2 Å². The van der Waals surface area contributed by atoms with Gasteiger partial charge in [0.2, 0.25) is 0 Å². The van der Waals surface area contributed by atoms with Gasteiger partial charge in [-0.25, -0.2) is 13.6 Å². The second-order valence-electron chi connectivity index (χ2n) is 7.56. The topological polar surface area (TPSA) is 55.9 Å². The van der Waals surface area contributed by atoms with Crippen LogP contribution in [0.25, 0.3) is 0 Å². The van der Waals surface area contributed by atoms with Gasteiger partial charge in [-0.05, 0) is 37.1 Å². The molecule has 6 nitrogen and oxygen atoms in total. The van der Waals surface area contributed by atoms with Crippen molar-refractivity contribution in [3.63, 3.8) is 0 Å². The van der Waals surface area contributed by atoms with E-state index in [0.717, 1.165) is 25.0 Å². The minimum absolute atomic E-state index is 0.0291. The molecule has 0 aromatic heterocycles. The van der Waals surface area contributed by atoms with Crippen LogP contribution in [0.4, 0.5) is 25.0 Å². The summed E-state index contributed by atoms with van der Waals surface area (Å²) in [6.45, 7) is 2.76. The van der Waals surface area contributed by atoms with Crippen LogP contribution in [0.5, 0.6) is 0 Å². The molecule has 0 atom stereocenters. The summed E-state index contributed by atoms with van der Waals surface area (Å²) in [6.07, 6.45) is 1.83. The molecule has 1 N–H and O–H groups in total.